The Morgan fingerprint density at radius 1 is 0.962 bits per heavy atom. The van der Waals surface area contributed by atoms with Crippen molar-refractivity contribution in [2.45, 2.75) is 12.5 Å². The van der Waals surface area contributed by atoms with E-state index in [0.717, 1.165) is 16.7 Å². The molecule has 2 aliphatic rings. The molecule has 2 fully saturated rings. The summed E-state index contributed by atoms with van der Waals surface area (Å²) >= 11 is 2.20. The number of halogens is 1. The summed E-state index contributed by atoms with van der Waals surface area (Å²) in [5, 5.41) is 0. The number of imide groups is 1. The fourth-order valence-corrected chi connectivity index (χ4v) is 3.81. The van der Waals surface area contributed by atoms with Gasteiger partial charge in [0.2, 0.25) is 11.9 Å². The van der Waals surface area contributed by atoms with E-state index >= 15 is 0 Å². The van der Waals surface area contributed by atoms with E-state index in [4.69, 9.17) is 0 Å². The van der Waals surface area contributed by atoms with E-state index in [9.17, 15) is 9.59 Å². The monoisotopic (exact) mass is 463 g/mol. The van der Waals surface area contributed by atoms with Crippen molar-refractivity contribution >= 4 is 46.0 Å². The van der Waals surface area contributed by atoms with Crippen LogP contribution >= 0.6 is 22.6 Å². The van der Waals surface area contributed by atoms with Gasteiger partial charge in [-0.05, 0) is 52.9 Å². The van der Waals surface area contributed by atoms with Crippen molar-refractivity contribution < 1.29 is 9.59 Å². The normalized spacial score (nSPS) is 21.5. The van der Waals surface area contributed by atoms with Gasteiger partial charge in [0.15, 0.2) is 0 Å². The topological polar surface area (TPSA) is 69.6 Å². The summed E-state index contributed by atoms with van der Waals surface area (Å²) in [6, 6.07) is 8.88. The third-order valence-electron chi connectivity index (χ3n) is 4.80. The van der Waals surface area contributed by atoms with Gasteiger partial charge in [0, 0.05) is 42.1 Å². The van der Waals surface area contributed by atoms with Gasteiger partial charge in [-0.3, -0.25) is 14.5 Å². The number of amides is 2. The Kier molecular flexibility index (Phi) is 4.86. The predicted molar refractivity (Wildman–Crippen MR) is 106 cm³/mol. The average Bonchev–Trinajstić information content (AvgIpc) is 2.98. The van der Waals surface area contributed by atoms with Gasteiger partial charge in [-0.25, -0.2) is 14.9 Å². The van der Waals surface area contributed by atoms with Gasteiger partial charge >= 0.3 is 0 Å². The summed E-state index contributed by atoms with van der Waals surface area (Å²) in [6.07, 6.45) is 3.70. The quantitative estimate of drug-likeness (QED) is 0.508. The van der Waals surface area contributed by atoms with Crippen LogP contribution in [0.4, 0.5) is 11.6 Å². The van der Waals surface area contributed by atoms with Gasteiger partial charge in [0.1, 0.15) is 0 Å². The Labute approximate surface area is 165 Å². The van der Waals surface area contributed by atoms with Gasteiger partial charge in [-0.1, -0.05) is 0 Å². The maximum atomic E-state index is 12.9. The molecule has 2 amide bonds. The number of hydrogen-bond donors (Lipinski definition) is 0. The molecule has 8 heteroatoms. The van der Waals surface area contributed by atoms with Crippen molar-refractivity contribution in [1.29, 1.82) is 0 Å². The molecule has 134 valence electrons. The van der Waals surface area contributed by atoms with Crippen molar-refractivity contribution in [2.24, 2.45) is 0 Å². The molecule has 4 rings (SSSR count). The molecule has 0 unspecified atom stereocenters. The minimum absolute atomic E-state index is 0.124. The molecule has 2 aromatic rings. The van der Waals surface area contributed by atoms with Crippen LogP contribution in [0.3, 0.4) is 0 Å². The summed E-state index contributed by atoms with van der Waals surface area (Å²) in [4.78, 5) is 39.4. The summed E-state index contributed by atoms with van der Waals surface area (Å²) in [5.41, 5.74) is 0.652. The molecule has 3 heterocycles. The zero-order valence-electron chi connectivity index (χ0n) is 14.1. The van der Waals surface area contributed by atoms with Crippen molar-refractivity contribution in [3.63, 3.8) is 0 Å². The zero-order valence-corrected chi connectivity index (χ0v) is 16.2. The Bertz CT molecular complexity index is 806. The number of aromatic nitrogens is 2. The van der Waals surface area contributed by atoms with Crippen LogP contribution in [0.1, 0.15) is 6.42 Å². The standard InChI is InChI=1S/C18H18IN5O2/c19-13-2-4-14(5-3-13)24-16(25)12-15(17(24)26)22-8-10-23(11-9-22)18-20-6-1-7-21-18/h1-7,15H,8-12H2/t15-/m1/s1. The largest absolute Gasteiger partial charge is 0.338 e. The summed E-state index contributed by atoms with van der Waals surface area (Å²) in [7, 11) is 0. The lowest BCUT2D eigenvalue weighted by Gasteiger charge is -2.36. The maximum Gasteiger partial charge on any atom is 0.251 e. The smallest absolute Gasteiger partial charge is 0.251 e. The first-order valence-electron chi connectivity index (χ1n) is 8.52. The highest BCUT2D eigenvalue weighted by Gasteiger charge is 2.43. The SMILES string of the molecule is O=C1C[C@@H](N2CCN(c3ncccn3)CC2)C(=O)N1c1ccc(I)cc1. The lowest BCUT2D eigenvalue weighted by atomic mass is 10.2. The van der Waals surface area contributed by atoms with Crippen molar-refractivity contribution in [1.82, 2.24) is 14.9 Å². The second-order valence-electron chi connectivity index (χ2n) is 6.34. The third kappa shape index (κ3) is 3.30. The molecule has 1 aromatic heterocycles. The van der Waals surface area contributed by atoms with Crippen molar-refractivity contribution in [3.05, 3.63) is 46.3 Å². The number of anilines is 2. The van der Waals surface area contributed by atoms with Gasteiger partial charge in [0.25, 0.3) is 5.91 Å². The number of benzene rings is 1. The molecular formula is C18H18IN5O2. The first-order chi connectivity index (χ1) is 12.6. The van der Waals surface area contributed by atoms with Crippen molar-refractivity contribution in [2.75, 3.05) is 36.0 Å². The van der Waals surface area contributed by atoms with Crippen LogP contribution < -0.4 is 9.80 Å². The van der Waals surface area contributed by atoms with Crippen LogP contribution in [0, 0.1) is 3.57 Å². The van der Waals surface area contributed by atoms with Crippen LogP contribution in [0.5, 0.6) is 0 Å². The van der Waals surface area contributed by atoms with E-state index in [1.54, 1.807) is 18.5 Å². The predicted octanol–water partition coefficient (Wildman–Crippen LogP) is 1.54. The number of piperazine rings is 1. The first kappa shape index (κ1) is 17.3. The maximum absolute atomic E-state index is 12.9. The Morgan fingerprint density at radius 3 is 2.27 bits per heavy atom. The van der Waals surface area contributed by atoms with Crippen LogP contribution in [0.2, 0.25) is 0 Å². The lowest BCUT2D eigenvalue weighted by Crippen LogP contribution is -2.53. The molecule has 0 aliphatic carbocycles. The Morgan fingerprint density at radius 2 is 1.62 bits per heavy atom. The fraction of sp³-hybridized carbons (Fsp3) is 0.333. The molecule has 1 aromatic carbocycles. The molecule has 0 radical (unpaired) electrons. The molecule has 26 heavy (non-hydrogen) atoms. The lowest BCUT2D eigenvalue weighted by molar-refractivity contribution is -0.123. The highest BCUT2D eigenvalue weighted by Crippen LogP contribution is 2.27. The Balaban J connectivity index is 1.44. The molecule has 0 bridgehead atoms. The number of nitrogens with zero attached hydrogens (tertiary/aromatic N) is 5. The second-order valence-corrected chi connectivity index (χ2v) is 7.58. The summed E-state index contributed by atoms with van der Waals surface area (Å²) in [5.74, 6) is 0.456. The van der Waals surface area contributed by atoms with Gasteiger partial charge in [-0.15, -0.1) is 0 Å². The molecule has 1 atom stereocenters. The highest BCUT2D eigenvalue weighted by molar-refractivity contribution is 14.1. The van der Waals surface area contributed by atoms with E-state index in [1.807, 2.05) is 24.3 Å². The van der Waals surface area contributed by atoms with Crippen LogP contribution in [-0.2, 0) is 9.59 Å². The van der Waals surface area contributed by atoms with Gasteiger partial charge < -0.3 is 4.90 Å². The average molecular weight is 463 g/mol. The summed E-state index contributed by atoms with van der Waals surface area (Å²) in [6.45, 7) is 2.90. The number of rotatable bonds is 3. The molecule has 2 saturated heterocycles. The van der Waals surface area contributed by atoms with E-state index in [0.29, 0.717) is 24.7 Å². The molecule has 0 saturated carbocycles. The van der Waals surface area contributed by atoms with Gasteiger partial charge in [0.05, 0.1) is 18.2 Å². The van der Waals surface area contributed by atoms with E-state index in [2.05, 4.69) is 42.4 Å². The van der Waals surface area contributed by atoms with Crippen LogP contribution in [0.25, 0.3) is 0 Å². The molecule has 0 spiro atoms. The number of hydrogen-bond acceptors (Lipinski definition) is 6. The van der Waals surface area contributed by atoms with Crippen LogP contribution in [-0.4, -0.2) is 58.9 Å². The van der Waals surface area contributed by atoms with E-state index in [-0.39, 0.29) is 24.3 Å². The van der Waals surface area contributed by atoms with E-state index in [1.165, 1.54) is 4.90 Å². The minimum atomic E-state index is -0.374. The fourth-order valence-electron chi connectivity index (χ4n) is 3.45. The third-order valence-corrected chi connectivity index (χ3v) is 5.52. The summed E-state index contributed by atoms with van der Waals surface area (Å²) < 4.78 is 1.07. The molecule has 7 nitrogen and oxygen atoms in total. The molecule has 2 aliphatic heterocycles. The Hall–Kier alpha value is -2.07. The number of carbonyl (C=O) groups excluding carboxylic acids is 2. The molecule has 0 N–H and O–H groups in total. The van der Waals surface area contributed by atoms with Crippen molar-refractivity contribution in [3.8, 4) is 0 Å². The molecular weight excluding hydrogens is 445 g/mol. The number of carbonyl (C=O) groups is 2. The van der Waals surface area contributed by atoms with Crippen LogP contribution in [0.15, 0.2) is 42.7 Å². The first-order valence-corrected chi connectivity index (χ1v) is 9.60. The van der Waals surface area contributed by atoms with Gasteiger partial charge in [-0.2, -0.15) is 0 Å². The second kappa shape index (κ2) is 7.28. The minimum Gasteiger partial charge on any atom is -0.338 e. The van der Waals surface area contributed by atoms with E-state index < -0.39 is 0 Å². The zero-order chi connectivity index (χ0) is 18.1. The highest BCUT2D eigenvalue weighted by atomic mass is 127.